The zero-order chi connectivity index (χ0) is 21.7. The average Bonchev–Trinajstić information content (AvgIpc) is 3.26. The molecule has 1 saturated carbocycles. The van der Waals surface area contributed by atoms with Gasteiger partial charge in [0, 0.05) is 63.2 Å². The molecule has 160 valence electrons. The number of rotatable bonds is 4. The molecule has 0 radical (unpaired) electrons. The highest BCUT2D eigenvalue weighted by Crippen LogP contribution is 2.39. The summed E-state index contributed by atoms with van der Waals surface area (Å²) >= 11 is 0. The van der Waals surface area contributed by atoms with Gasteiger partial charge in [0.1, 0.15) is 16.8 Å². The van der Waals surface area contributed by atoms with Gasteiger partial charge in [-0.2, -0.15) is 10.1 Å². The molecule has 0 atom stereocenters. The van der Waals surface area contributed by atoms with Crippen molar-refractivity contribution in [2.24, 2.45) is 7.05 Å². The van der Waals surface area contributed by atoms with Gasteiger partial charge in [0.05, 0.1) is 11.9 Å². The second kappa shape index (κ2) is 7.00. The number of carbonyl (C=O) groups is 1. The van der Waals surface area contributed by atoms with Gasteiger partial charge in [0.2, 0.25) is 0 Å². The summed E-state index contributed by atoms with van der Waals surface area (Å²) < 4.78 is 15.4. The van der Waals surface area contributed by atoms with Gasteiger partial charge in [-0.3, -0.25) is 9.08 Å². The van der Waals surface area contributed by atoms with Crippen LogP contribution in [0.15, 0.2) is 30.9 Å². The SMILES string of the molecule is CN(C(=O)OC(C)(C)C)C1CC(C)(Oc2nc(-c3cnn(C)c3)cc3nccn23)C1. The lowest BCUT2D eigenvalue weighted by atomic mass is 9.76. The third-order valence-electron chi connectivity index (χ3n) is 5.26. The maximum absolute atomic E-state index is 12.3. The van der Waals surface area contributed by atoms with E-state index in [4.69, 9.17) is 14.5 Å². The highest BCUT2D eigenvalue weighted by Gasteiger charge is 2.47. The van der Waals surface area contributed by atoms with Crippen molar-refractivity contribution >= 4 is 11.7 Å². The van der Waals surface area contributed by atoms with Gasteiger partial charge in [-0.1, -0.05) is 0 Å². The van der Waals surface area contributed by atoms with Gasteiger partial charge in [0.25, 0.3) is 0 Å². The normalized spacial score (nSPS) is 21.3. The van der Waals surface area contributed by atoms with Crippen molar-refractivity contribution in [3.8, 4) is 17.3 Å². The Morgan fingerprint density at radius 3 is 2.70 bits per heavy atom. The second-order valence-corrected chi connectivity index (χ2v) is 9.19. The van der Waals surface area contributed by atoms with E-state index in [-0.39, 0.29) is 12.1 Å². The molecule has 4 rings (SSSR count). The van der Waals surface area contributed by atoms with E-state index in [1.165, 1.54) is 0 Å². The van der Waals surface area contributed by atoms with Crippen molar-refractivity contribution in [3.63, 3.8) is 0 Å². The van der Waals surface area contributed by atoms with Gasteiger partial charge in [-0.15, -0.1) is 0 Å². The fourth-order valence-corrected chi connectivity index (χ4v) is 3.67. The number of amides is 1. The van der Waals surface area contributed by atoms with Crippen LogP contribution < -0.4 is 4.74 Å². The van der Waals surface area contributed by atoms with Crippen LogP contribution in [0, 0.1) is 0 Å². The molecule has 1 aliphatic rings. The molecular formula is C21H28N6O3. The van der Waals surface area contributed by atoms with Crippen molar-refractivity contribution in [3.05, 3.63) is 30.9 Å². The van der Waals surface area contributed by atoms with E-state index in [0.717, 1.165) is 16.9 Å². The molecule has 0 aliphatic heterocycles. The fourth-order valence-electron chi connectivity index (χ4n) is 3.67. The van der Waals surface area contributed by atoms with Gasteiger partial charge < -0.3 is 14.4 Å². The first-order chi connectivity index (χ1) is 14.0. The van der Waals surface area contributed by atoms with Crippen molar-refractivity contribution in [1.29, 1.82) is 0 Å². The molecule has 0 N–H and O–H groups in total. The summed E-state index contributed by atoms with van der Waals surface area (Å²) in [6, 6.07) is 2.45. The number of fused-ring (bicyclic) bond motifs is 1. The van der Waals surface area contributed by atoms with Gasteiger partial charge in [-0.05, 0) is 27.7 Å². The minimum atomic E-state index is -0.515. The molecule has 1 aliphatic carbocycles. The molecule has 9 nitrogen and oxygen atoms in total. The smallest absolute Gasteiger partial charge is 0.410 e. The van der Waals surface area contributed by atoms with Crippen molar-refractivity contribution in [2.45, 2.75) is 57.8 Å². The molecule has 0 saturated heterocycles. The molecule has 0 unspecified atom stereocenters. The van der Waals surface area contributed by atoms with Gasteiger partial charge in [-0.25, -0.2) is 9.78 Å². The lowest BCUT2D eigenvalue weighted by Crippen LogP contribution is -2.57. The van der Waals surface area contributed by atoms with E-state index >= 15 is 0 Å². The van der Waals surface area contributed by atoms with E-state index in [0.29, 0.717) is 18.9 Å². The van der Waals surface area contributed by atoms with Crippen LogP contribution in [0.4, 0.5) is 4.79 Å². The Kier molecular flexibility index (Phi) is 4.71. The van der Waals surface area contributed by atoms with Crippen LogP contribution in [0.1, 0.15) is 40.5 Å². The molecule has 3 aromatic rings. The Labute approximate surface area is 175 Å². The number of hydrogen-bond donors (Lipinski definition) is 0. The van der Waals surface area contributed by atoms with Crippen LogP contribution in [0.2, 0.25) is 0 Å². The van der Waals surface area contributed by atoms with Crippen molar-refractivity contribution in [1.82, 2.24) is 29.0 Å². The van der Waals surface area contributed by atoms with Gasteiger partial charge >= 0.3 is 12.1 Å². The zero-order valence-corrected chi connectivity index (χ0v) is 18.3. The second-order valence-electron chi connectivity index (χ2n) is 9.19. The highest BCUT2D eigenvalue weighted by atomic mass is 16.6. The summed E-state index contributed by atoms with van der Waals surface area (Å²) in [6.07, 6.45) is 8.29. The number of ether oxygens (including phenoxy) is 2. The number of hydrogen-bond acceptors (Lipinski definition) is 6. The lowest BCUT2D eigenvalue weighted by molar-refractivity contribution is -0.0622. The van der Waals surface area contributed by atoms with Gasteiger partial charge in [0.15, 0.2) is 0 Å². The molecule has 9 heteroatoms. The highest BCUT2D eigenvalue weighted by molar-refractivity contribution is 5.68. The van der Waals surface area contributed by atoms with Crippen molar-refractivity contribution in [2.75, 3.05) is 7.05 Å². The van der Waals surface area contributed by atoms with Crippen LogP contribution in [0.25, 0.3) is 16.9 Å². The van der Waals surface area contributed by atoms with E-state index in [2.05, 4.69) is 10.1 Å². The van der Waals surface area contributed by atoms with Crippen LogP contribution in [0.5, 0.6) is 6.01 Å². The third kappa shape index (κ3) is 3.96. The predicted molar refractivity (Wildman–Crippen MR) is 111 cm³/mol. The average molecular weight is 412 g/mol. The summed E-state index contributed by atoms with van der Waals surface area (Å²) in [5.41, 5.74) is 1.46. The van der Waals surface area contributed by atoms with Crippen LogP contribution in [0.3, 0.4) is 0 Å². The number of aryl methyl sites for hydroxylation is 1. The van der Waals surface area contributed by atoms with E-state index in [1.54, 1.807) is 29.0 Å². The molecule has 30 heavy (non-hydrogen) atoms. The number of imidazole rings is 1. The number of carbonyl (C=O) groups excluding carboxylic acids is 1. The topological polar surface area (TPSA) is 86.8 Å². The lowest BCUT2D eigenvalue weighted by Gasteiger charge is -2.47. The molecule has 3 aromatic heterocycles. The summed E-state index contributed by atoms with van der Waals surface area (Å²) in [4.78, 5) is 23.1. The Morgan fingerprint density at radius 2 is 2.07 bits per heavy atom. The van der Waals surface area contributed by atoms with E-state index in [1.807, 2.05) is 57.6 Å². The number of aromatic nitrogens is 5. The standard InChI is InChI=1S/C21H28N6O3/c1-20(2,3)30-19(28)26(6)15-10-21(4,11-15)29-18-24-16(14-12-23-25(5)13-14)9-17-22-7-8-27(17)18/h7-9,12-13,15H,10-11H2,1-6H3. The Morgan fingerprint density at radius 1 is 1.33 bits per heavy atom. The van der Waals surface area contributed by atoms with E-state index in [9.17, 15) is 4.79 Å². The molecule has 1 fully saturated rings. The molecule has 3 heterocycles. The Balaban J connectivity index is 1.51. The van der Waals surface area contributed by atoms with Crippen LogP contribution in [-0.2, 0) is 11.8 Å². The van der Waals surface area contributed by atoms with Crippen molar-refractivity contribution < 1.29 is 14.3 Å². The largest absolute Gasteiger partial charge is 0.458 e. The summed E-state index contributed by atoms with van der Waals surface area (Å²) in [6.45, 7) is 7.63. The minimum Gasteiger partial charge on any atom is -0.458 e. The summed E-state index contributed by atoms with van der Waals surface area (Å²) in [5, 5.41) is 4.22. The van der Waals surface area contributed by atoms with Crippen LogP contribution in [-0.4, -0.2) is 59.4 Å². The predicted octanol–water partition coefficient (Wildman–Crippen LogP) is 3.30. The maximum Gasteiger partial charge on any atom is 0.410 e. The first-order valence-corrected chi connectivity index (χ1v) is 10.0. The van der Waals surface area contributed by atoms with Crippen LogP contribution >= 0.6 is 0 Å². The molecule has 0 bridgehead atoms. The quantitative estimate of drug-likeness (QED) is 0.653. The molecule has 1 amide bonds. The number of nitrogens with zero attached hydrogens (tertiary/aromatic N) is 6. The minimum absolute atomic E-state index is 0.0598. The molecule has 0 aromatic carbocycles. The first-order valence-electron chi connectivity index (χ1n) is 10.0. The summed E-state index contributed by atoms with van der Waals surface area (Å²) in [7, 11) is 3.64. The summed E-state index contributed by atoms with van der Waals surface area (Å²) in [5.74, 6) is 0. The fraction of sp³-hybridized carbons (Fsp3) is 0.524. The Hall–Kier alpha value is -3.10. The van der Waals surface area contributed by atoms with E-state index < -0.39 is 11.2 Å². The first kappa shape index (κ1) is 20.2. The Bertz CT molecular complexity index is 1070. The molecule has 0 spiro atoms. The zero-order valence-electron chi connectivity index (χ0n) is 18.3. The monoisotopic (exact) mass is 412 g/mol. The maximum atomic E-state index is 12.3. The molecular weight excluding hydrogens is 384 g/mol. The third-order valence-corrected chi connectivity index (χ3v) is 5.26.